The van der Waals surface area contributed by atoms with Gasteiger partial charge in [0.15, 0.2) is 5.76 Å². The average molecular weight is 332 g/mol. The third-order valence-corrected chi connectivity index (χ3v) is 3.68. The predicted molar refractivity (Wildman–Crippen MR) is 89.5 cm³/mol. The summed E-state index contributed by atoms with van der Waals surface area (Å²) in [5.41, 5.74) is 0.857. The molecule has 3 aromatic rings. The molecule has 0 saturated carbocycles. The van der Waals surface area contributed by atoms with Gasteiger partial charge in [-0.3, -0.25) is 4.79 Å². The molecule has 0 fully saturated rings. The van der Waals surface area contributed by atoms with Gasteiger partial charge in [0, 0.05) is 12.1 Å². The predicted octanol–water partition coefficient (Wildman–Crippen LogP) is 4.12. The van der Waals surface area contributed by atoms with Crippen LogP contribution in [-0.2, 0) is 0 Å². The minimum atomic E-state index is -0.476. The summed E-state index contributed by atoms with van der Waals surface area (Å²) in [5.74, 6) is 0.618. The fraction of sp³-hybridized carbons (Fsp3) is 0. The maximum absolute atomic E-state index is 12.3. The van der Waals surface area contributed by atoms with E-state index in [1.807, 2.05) is 6.07 Å². The molecule has 2 heterocycles. The van der Waals surface area contributed by atoms with Crippen LogP contribution >= 0.6 is 0 Å². The quantitative estimate of drug-likeness (QED) is 0.410. The van der Waals surface area contributed by atoms with Crippen LogP contribution in [0, 0.1) is 0 Å². The van der Waals surface area contributed by atoms with Gasteiger partial charge >= 0.3 is 5.97 Å². The van der Waals surface area contributed by atoms with Gasteiger partial charge in [-0.15, -0.1) is 0 Å². The fourth-order valence-electron chi connectivity index (χ4n) is 2.47. The molecule has 0 unspecified atom stereocenters. The van der Waals surface area contributed by atoms with E-state index in [2.05, 4.69) is 0 Å². The van der Waals surface area contributed by atoms with E-state index in [-0.39, 0.29) is 11.5 Å². The monoisotopic (exact) mass is 332 g/mol. The Morgan fingerprint density at radius 3 is 2.60 bits per heavy atom. The van der Waals surface area contributed by atoms with Crippen LogP contribution in [0.1, 0.15) is 26.5 Å². The molecular weight excluding hydrogens is 320 g/mol. The number of carbonyl (C=O) groups excluding carboxylic acids is 2. The molecule has 0 aliphatic carbocycles. The van der Waals surface area contributed by atoms with Crippen LogP contribution in [0.4, 0.5) is 0 Å². The van der Waals surface area contributed by atoms with Crippen LogP contribution in [0.2, 0.25) is 0 Å². The van der Waals surface area contributed by atoms with Crippen LogP contribution in [0.25, 0.3) is 6.08 Å². The number of furan rings is 1. The molecule has 4 rings (SSSR count). The minimum absolute atomic E-state index is 0.163. The normalized spacial score (nSPS) is 14.2. The first-order valence-corrected chi connectivity index (χ1v) is 7.60. The van der Waals surface area contributed by atoms with Crippen molar-refractivity contribution in [3.05, 3.63) is 89.6 Å². The number of Topliss-reactive ketones (excluding diaryl/α,β-unsaturated/α-hetero) is 1. The molecule has 0 saturated heterocycles. The fourth-order valence-corrected chi connectivity index (χ4v) is 2.47. The number of rotatable bonds is 3. The van der Waals surface area contributed by atoms with Crippen molar-refractivity contribution < 1.29 is 23.5 Å². The molecule has 1 aliphatic heterocycles. The minimum Gasteiger partial charge on any atom is -0.465 e. The highest BCUT2D eigenvalue weighted by Crippen LogP contribution is 2.35. The number of allylic oxidation sites excluding steroid dienone is 1. The molecular formula is C20H12O5. The summed E-state index contributed by atoms with van der Waals surface area (Å²) in [6.45, 7) is 0. The molecule has 1 aromatic heterocycles. The van der Waals surface area contributed by atoms with Gasteiger partial charge in [-0.05, 0) is 36.4 Å². The molecule has 25 heavy (non-hydrogen) atoms. The highest BCUT2D eigenvalue weighted by molar-refractivity contribution is 6.14. The number of hydrogen-bond donors (Lipinski definition) is 0. The number of ether oxygens (including phenoxy) is 2. The number of ketones is 1. The Hall–Kier alpha value is -3.60. The van der Waals surface area contributed by atoms with E-state index < -0.39 is 5.97 Å². The molecule has 2 aromatic carbocycles. The first kappa shape index (κ1) is 15.0. The van der Waals surface area contributed by atoms with Crippen LogP contribution in [0.3, 0.4) is 0 Å². The van der Waals surface area contributed by atoms with Crippen LogP contribution in [-0.4, -0.2) is 11.8 Å². The number of fused-ring (bicyclic) bond motifs is 1. The second kappa shape index (κ2) is 6.13. The summed E-state index contributed by atoms with van der Waals surface area (Å²) in [4.78, 5) is 24.4. The van der Waals surface area contributed by atoms with Crippen LogP contribution in [0.5, 0.6) is 11.5 Å². The van der Waals surface area contributed by atoms with Crippen molar-refractivity contribution >= 4 is 17.8 Å². The largest absolute Gasteiger partial charge is 0.465 e. The molecule has 0 N–H and O–H groups in total. The Bertz CT molecular complexity index is 969. The lowest BCUT2D eigenvalue weighted by Crippen LogP contribution is -2.08. The molecule has 0 amide bonds. The maximum atomic E-state index is 12.3. The second-order valence-electron chi connectivity index (χ2n) is 5.37. The zero-order valence-electron chi connectivity index (χ0n) is 13.0. The topological polar surface area (TPSA) is 65.7 Å². The Morgan fingerprint density at radius 2 is 1.84 bits per heavy atom. The highest BCUT2D eigenvalue weighted by atomic mass is 16.5. The highest BCUT2D eigenvalue weighted by Gasteiger charge is 2.28. The van der Waals surface area contributed by atoms with Gasteiger partial charge in [0.25, 0.3) is 0 Å². The molecule has 5 nitrogen and oxygen atoms in total. The second-order valence-corrected chi connectivity index (χ2v) is 5.37. The van der Waals surface area contributed by atoms with E-state index in [1.165, 1.54) is 18.4 Å². The van der Waals surface area contributed by atoms with Crippen molar-refractivity contribution in [2.45, 2.75) is 0 Å². The van der Waals surface area contributed by atoms with Crippen molar-refractivity contribution in [3.8, 4) is 11.5 Å². The molecule has 122 valence electrons. The van der Waals surface area contributed by atoms with Crippen molar-refractivity contribution in [2.75, 3.05) is 0 Å². The summed E-state index contributed by atoms with van der Waals surface area (Å²) >= 11 is 0. The number of carbonyl (C=O) groups is 2. The van der Waals surface area contributed by atoms with E-state index in [9.17, 15) is 9.59 Å². The lowest BCUT2D eigenvalue weighted by molar-refractivity contribution is 0.0734. The summed E-state index contributed by atoms with van der Waals surface area (Å²) in [5, 5.41) is 0. The molecule has 1 aliphatic rings. The smallest absolute Gasteiger partial charge is 0.343 e. The van der Waals surface area contributed by atoms with Crippen molar-refractivity contribution in [1.82, 2.24) is 0 Å². The van der Waals surface area contributed by atoms with Gasteiger partial charge < -0.3 is 13.9 Å². The van der Waals surface area contributed by atoms with E-state index in [0.29, 0.717) is 28.4 Å². The Labute approximate surface area is 143 Å². The number of benzene rings is 2. The standard InChI is InChI=1S/C20H12O5/c21-19-16-9-8-15(24-20(22)13-5-2-1-3-6-13)12-17(16)25-18(19)11-14-7-4-10-23-14/h1-12H/b18-11-. The Kier molecular flexibility index (Phi) is 3.67. The van der Waals surface area contributed by atoms with Crippen LogP contribution < -0.4 is 9.47 Å². The molecule has 0 atom stereocenters. The molecule has 0 spiro atoms. The van der Waals surface area contributed by atoms with E-state index in [0.717, 1.165) is 0 Å². The van der Waals surface area contributed by atoms with Gasteiger partial charge in [0.1, 0.15) is 17.3 Å². The zero-order valence-corrected chi connectivity index (χ0v) is 13.0. The zero-order chi connectivity index (χ0) is 17.2. The van der Waals surface area contributed by atoms with Gasteiger partial charge in [0.05, 0.1) is 17.4 Å². The van der Waals surface area contributed by atoms with Gasteiger partial charge in [-0.1, -0.05) is 18.2 Å². The lowest BCUT2D eigenvalue weighted by Gasteiger charge is -2.05. The van der Waals surface area contributed by atoms with Gasteiger partial charge in [0.2, 0.25) is 5.78 Å². The van der Waals surface area contributed by atoms with E-state index in [1.54, 1.807) is 48.5 Å². The molecule has 0 radical (unpaired) electrons. The van der Waals surface area contributed by atoms with E-state index in [4.69, 9.17) is 13.9 Å². The van der Waals surface area contributed by atoms with Crippen molar-refractivity contribution in [3.63, 3.8) is 0 Å². The molecule has 0 bridgehead atoms. The number of hydrogen-bond acceptors (Lipinski definition) is 5. The van der Waals surface area contributed by atoms with Crippen LogP contribution in [0.15, 0.2) is 77.1 Å². The maximum Gasteiger partial charge on any atom is 0.343 e. The number of esters is 1. The van der Waals surface area contributed by atoms with Gasteiger partial charge in [-0.2, -0.15) is 0 Å². The Morgan fingerprint density at radius 1 is 1.00 bits per heavy atom. The van der Waals surface area contributed by atoms with Gasteiger partial charge in [-0.25, -0.2) is 4.79 Å². The summed E-state index contributed by atoms with van der Waals surface area (Å²) < 4.78 is 16.1. The third kappa shape index (κ3) is 2.95. The van der Waals surface area contributed by atoms with Crippen molar-refractivity contribution in [2.24, 2.45) is 0 Å². The first-order valence-electron chi connectivity index (χ1n) is 7.60. The summed E-state index contributed by atoms with van der Waals surface area (Å²) in [7, 11) is 0. The molecule has 5 heteroatoms. The summed E-state index contributed by atoms with van der Waals surface area (Å²) in [6, 6.07) is 16.8. The first-order chi connectivity index (χ1) is 12.2. The lowest BCUT2D eigenvalue weighted by atomic mass is 10.1. The SMILES string of the molecule is O=C(Oc1ccc2c(c1)O/C(=C\c1ccco1)C2=O)c1ccccc1. The third-order valence-electron chi connectivity index (χ3n) is 3.68. The van der Waals surface area contributed by atoms with Crippen molar-refractivity contribution in [1.29, 1.82) is 0 Å². The van der Waals surface area contributed by atoms with E-state index >= 15 is 0 Å². The average Bonchev–Trinajstić information content (AvgIpc) is 3.24. The Balaban J connectivity index is 1.56. The summed E-state index contributed by atoms with van der Waals surface area (Å²) in [6.07, 6.45) is 3.04.